The van der Waals surface area contributed by atoms with Crippen LogP contribution < -0.4 is 5.73 Å². The Labute approximate surface area is 127 Å². The van der Waals surface area contributed by atoms with E-state index < -0.39 is 0 Å². The van der Waals surface area contributed by atoms with Gasteiger partial charge < -0.3 is 10.6 Å². The van der Waals surface area contributed by atoms with Gasteiger partial charge in [0.25, 0.3) is 0 Å². The highest BCUT2D eigenvalue weighted by molar-refractivity contribution is 6.30. The van der Waals surface area contributed by atoms with Crippen molar-refractivity contribution in [2.24, 2.45) is 5.73 Å². The molecule has 1 unspecified atom stereocenters. The first kappa shape index (κ1) is 15.8. The van der Waals surface area contributed by atoms with Crippen LogP contribution in [0.4, 0.5) is 0 Å². The van der Waals surface area contributed by atoms with E-state index in [4.69, 9.17) is 17.3 Å². The lowest BCUT2D eigenvalue weighted by Gasteiger charge is -2.33. The first-order valence-corrected chi connectivity index (χ1v) is 7.87. The van der Waals surface area contributed by atoms with Crippen LogP contribution in [-0.2, 0) is 0 Å². The molecule has 0 bridgehead atoms. The lowest BCUT2D eigenvalue weighted by Crippen LogP contribution is -2.42. The molecular formula is C16H26ClN3. The minimum absolute atomic E-state index is 0.414. The maximum atomic E-state index is 5.94. The zero-order valence-electron chi connectivity index (χ0n) is 12.6. The van der Waals surface area contributed by atoms with Gasteiger partial charge in [0.15, 0.2) is 0 Å². The van der Waals surface area contributed by atoms with Gasteiger partial charge in [-0.1, -0.05) is 23.7 Å². The molecule has 1 heterocycles. The van der Waals surface area contributed by atoms with Crippen molar-refractivity contribution in [1.29, 1.82) is 0 Å². The van der Waals surface area contributed by atoms with Crippen molar-refractivity contribution in [2.45, 2.75) is 31.8 Å². The topological polar surface area (TPSA) is 32.5 Å². The summed E-state index contributed by atoms with van der Waals surface area (Å²) >= 11 is 5.94. The Morgan fingerprint density at radius 1 is 1.30 bits per heavy atom. The molecule has 1 aromatic rings. The number of hydrogen-bond donors (Lipinski definition) is 1. The number of likely N-dealkylation sites (tertiary alicyclic amines) is 1. The van der Waals surface area contributed by atoms with E-state index in [-0.39, 0.29) is 0 Å². The highest BCUT2D eigenvalue weighted by Gasteiger charge is 2.17. The quantitative estimate of drug-likeness (QED) is 0.906. The Kier molecular flexibility index (Phi) is 5.85. The van der Waals surface area contributed by atoms with Gasteiger partial charge in [0.1, 0.15) is 0 Å². The maximum Gasteiger partial charge on any atom is 0.0406 e. The Morgan fingerprint density at radius 2 is 1.90 bits per heavy atom. The molecule has 1 atom stereocenters. The first-order chi connectivity index (χ1) is 9.56. The predicted octanol–water partition coefficient (Wildman–Crippen LogP) is 2.76. The van der Waals surface area contributed by atoms with Gasteiger partial charge in [-0.2, -0.15) is 0 Å². The molecule has 0 radical (unpaired) electrons. The van der Waals surface area contributed by atoms with Crippen molar-refractivity contribution in [2.75, 3.05) is 33.2 Å². The molecule has 1 aromatic carbocycles. The number of rotatable bonds is 5. The van der Waals surface area contributed by atoms with Gasteiger partial charge in [-0.05, 0) is 57.6 Å². The number of halogens is 1. The summed E-state index contributed by atoms with van der Waals surface area (Å²) in [5.41, 5.74) is 7.26. The third kappa shape index (κ3) is 4.45. The number of benzene rings is 1. The Morgan fingerprint density at radius 3 is 2.50 bits per heavy atom. The zero-order valence-corrected chi connectivity index (χ0v) is 13.3. The summed E-state index contributed by atoms with van der Waals surface area (Å²) < 4.78 is 0. The van der Waals surface area contributed by atoms with Gasteiger partial charge in [0, 0.05) is 30.2 Å². The second-order valence-electron chi connectivity index (χ2n) is 5.89. The molecule has 20 heavy (non-hydrogen) atoms. The van der Waals surface area contributed by atoms with Gasteiger partial charge in [-0.25, -0.2) is 0 Å². The second-order valence-corrected chi connectivity index (χ2v) is 6.32. The number of nitrogens with zero attached hydrogens (tertiary/aromatic N) is 2. The highest BCUT2D eigenvalue weighted by Crippen LogP contribution is 2.20. The van der Waals surface area contributed by atoms with Crippen molar-refractivity contribution >= 4 is 11.6 Å². The van der Waals surface area contributed by atoms with Crippen LogP contribution in [-0.4, -0.2) is 49.1 Å². The van der Waals surface area contributed by atoms with Crippen molar-refractivity contribution in [3.8, 4) is 0 Å². The molecule has 0 aromatic heterocycles. The van der Waals surface area contributed by atoms with Gasteiger partial charge >= 0.3 is 0 Å². The molecule has 0 spiro atoms. The molecular weight excluding hydrogens is 270 g/mol. The largest absolute Gasteiger partial charge is 0.328 e. The van der Waals surface area contributed by atoms with Crippen molar-refractivity contribution in [3.05, 3.63) is 34.9 Å². The monoisotopic (exact) mass is 295 g/mol. The summed E-state index contributed by atoms with van der Waals surface area (Å²) in [6, 6.07) is 8.99. The van der Waals surface area contributed by atoms with Crippen LogP contribution in [0.1, 0.15) is 31.4 Å². The summed E-state index contributed by atoms with van der Waals surface area (Å²) in [5, 5.41) is 0.799. The highest BCUT2D eigenvalue weighted by atomic mass is 35.5. The van der Waals surface area contributed by atoms with E-state index in [2.05, 4.69) is 35.9 Å². The Balaban J connectivity index is 1.79. The lowest BCUT2D eigenvalue weighted by atomic mass is 10.1. The molecule has 4 heteroatoms. The predicted molar refractivity (Wildman–Crippen MR) is 86.1 cm³/mol. The van der Waals surface area contributed by atoms with Crippen LogP contribution in [0.2, 0.25) is 5.02 Å². The van der Waals surface area contributed by atoms with Crippen LogP contribution in [0.3, 0.4) is 0 Å². The van der Waals surface area contributed by atoms with Crippen molar-refractivity contribution in [3.63, 3.8) is 0 Å². The van der Waals surface area contributed by atoms with E-state index in [9.17, 15) is 0 Å². The average molecular weight is 296 g/mol. The van der Waals surface area contributed by atoms with Gasteiger partial charge in [-0.3, -0.25) is 4.90 Å². The molecule has 1 aliphatic rings. The number of likely N-dealkylation sites (N-methyl/N-ethyl adjacent to an activating group) is 1. The van der Waals surface area contributed by atoms with Gasteiger partial charge in [-0.15, -0.1) is 0 Å². The molecule has 112 valence electrons. The maximum absolute atomic E-state index is 5.94. The van der Waals surface area contributed by atoms with Crippen LogP contribution in [0, 0.1) is 0 Å². The van der Waals surface area contributed by atoms with E-state index in [0.717, 1.165) is 44.0 Å². The SMILES string of the molecule is CC(c1ccc(Cl)cc1)N(C)CCN1CCC(N)CC1. The summed E-state index contributed by atoms with van der Waals surface area (Å²) in [6.45, 7) is 6.74. The summed E-state index contributed by atoms with van der Waals surface area (Å²) in [7, 11) is 2.19. The van der Waals surface area contributed by atoms with Gasteiger partial charge in [0.2, 0.25) is 0 Å². The second kappa shape index (κ2) is 7.41. The Bertz CT molecular complexity index is 399. The fourth-order valence-corrected chi connectivity index (χ4v) is 2.79. The van der Waals surface area contributed by atoms with E-state index in [0.29, 0.717) is 12.1 Å². The normalized spacial score (nSPS) is 19.4. The smallest absolute Gasteiger partial charge is 0.0406 e. The molecule has 0 aliphatic carbocycles. The lowest BCUT2D eigenvalue weighted by molar-refractivity contribution is 0.169. The van der Waals surface area contributed by atoms with Crippen LogP contribution >= 0.6 is 11.6 Å². The zero-order chi connectivity index (χ0) is 14.5. The number of nitrogens with two attached hydrogens (primary N) is 1. The third-order valence-electron chi connectivity index (χ3n) is 4.41. The minimum Gasteiger partial charge on any atom is -0.328 e. The summed E-state index contributed by atoms with van der Waals surface area (Å²) in [6.07, 6.45) is 2.27. The Hall–Kier alpha value is -0.610. The van der Waals surface area contributed by atoms with Crippen molar-refractivity contribution < 1.29 is 0 Å². The first-order valence-electron chi connectivity index (χ1n) is 7.50. The fourth-order valence-electron chi connectivity index (χ4n) is 2.67. The molecule has 0 amide bonds. The third-order valence-corrected chi connectivity index (χ3v) is 4.67. The number of piperidine rings is 1. The minimum atomic E-state index is 0.414. The van der Waals surface area contributed by atoms with E-state index in [1.807, 2.05) is 12.1 Å². The molecule has 2 N–H and O–H groups in total. The molecule has 3 nitrogen and oxygen atoms in total. The van der Waals surface area contributed by atoms with Gasteiger partial charge in [0.05, 0.1) is 0 Å². The standard InChI is InChI=1S/C16H26ClN3/c1-13(14-3-5-15(17)6-4-14)19(2)11-12-20-9-7-16(18)8-10-20/h3-6,13,16H,7-12,18H2,1-2H3. The molecule has 1 aliphatic heterocycles. The van der Waals surface area contributed by atoms with E-state index in [1.54, 1.807) is 0 Å². The fraction of sp³-hybridized carbons (Fsp3) is 0.625. The number of hydrogen-bond acceptors (Lipinski definition) is 3. The van der Waals surface area contributed by atoms with E-state index >= 15 is 0 Å². The van der Waals surface area contributed by atoms with Crippen LogP contribution in [0.5, 0.6) is 0 Å². The molecule has 0 saturated carbocycles. The molecule has 2 rings (SSSR count). The van der Waals surface area contributed by atoms with E-state index in [1.165, 1.54) is 5.56 Å². The molecule has 1 fully saturated rings. The average Bonchev–Trinajstić information content (AvgIpc) is 2.46. The van der Waals surface area contributed by atoms with Crippen molar-refractivity contribution in [1.82, 2.24) is 9.80 Å². The molecule has 1 saturated heterocycles. The summed E-state index contributed by atoms with van der Waals surface area (Å²) in [4.78, 5) is 4.92. The van der Waals surface area contributed by atoms with Crippen LogP contribution in [0.15, 0.2) is 24.3 Å². The van der Waals surface area contributed by atoms with Crippen LogP contribution in [0.25, 0.3) is 0 Å². The summed E-state index contributed by atoms with van der Waals surface area (Å²) in [5.74, 6) is 0.